The second kappa shape index (κ2) is 6.86. The van der Waals surface area contributed by atoms with Gasteiger partial charge in [0.2, 0.25) is 5.91 Å². The molecule has 0 bridgehead atoms. The number of carbonyl (C=O) groups is 1. The normalized spacial score (nSPS) is 14.1. The number of hydrogen-bond donors (Lipinski definition) is 1. The third-order valence-electron chi connectivity index (χ3n) is 4.37. The molecule has 0 spiro atoms. The van der Waals surface area contributed by atoms with Gasteiger partial charge in [0, 0.05) is 18.2 Å². The number of fused-ring (bicyclic) bond motifs is 1. The number of ether oxygens (including phenoxy) is 1. The predicted molar refractivity (Wildman–Crippen MR) is 90.1 cm³/mol. The quantitative estimate of drug-likeness (QED) is 0.906. The summed E-state index contributed by atoms with van der Waals surface area (Å²) in [6.07, 6.45) is 2.78. The highest BCUT2D eigenvalue weighted by Gasteiger charge is 2.21. The maximum atomic E-state index is 12.4. The molecule has 0 aliphatic heterocycles. The first-order chi connectivity index (χ1) is 11.6. The van der Waals surface area contributed by atoms with E-state index in [1.54, 1.807) is 20.1 Å². The Morgan fingerprint density at radius 2 is 2.17 bits per heavy atom. The zero-order valence-electron chi connectivity index (χ0n) is 13.9. The van der Waals surface area contributed by atoms with Crippen LogP contribution in [-0.2, 0) is 24.2 Å². The van der Waals surface area contributed by atoms with Crippen molar-refractivity contribution >= 4 is 5.91 Å². The Balaban J connectivity index is 1.72. The highest BCUT2D eigenvalue weighted by Crippen LogP contribution is 2.19. The van der Waals surface area contributed by atoms with Gasteiger partial charge in [0.1, 0.15) is 11.8 Å². The summed E-state index contributed by atoms with van der Waals surface area (Å²) < 4.78 is 6.55. The Morgan fingerprint density at radius 3 is 2.96 bits per heavy atom. The molecule has 6 heteroatoms. The molecule has 2 aromatic rings. The summed E-state index contributed by atoms with van der Waals surface area (Å²) in [5.41, 5.74) is 2.60. The Bertz CT molecular complexity index is 813. The molecule has 1 aromatic carbocycles. The fraction of sp³-hybridized carbons (Fsp3) is 0.389. The summed E-state index contributed by atoms with van der Waals surface area (Å²) in [5, 5.41) is 7.23. The molecule has 126 valence electrons. The molecular formula is C18H21N3O3. The van der Waals surface area contributed by atoms with E-state index >= 15 is 0 Å². The molecule has 24 heavy (non-hydrogen) atoms. The summed E-state index contributed by atoms with van der Waals surface area (Å²) in [6, 6.07) is 8.46. The predicted octanol–water partition coefficient (Wildman–Crippen LogP) is 1.62. The highest BCUT2D eigenvalue weighted by molar-refractivity contribution is 5.79. The van der Waals surface area contributed by atoms with Gasteiger partial charge in [-0.2, -0.15) is 5.10 Å². The van der Waals surface area contributed by atoms with E-state index in [0.29, 0.717) is 6.54 Å². The van der Waals surface area contributed by atoms with E-state index in [9.17, 15) is 9.59 Å². The van der Waals surface area contributed by atoms with Crippen molar-refractivity contribution in [2.75, 3.05) is 7.11 Å². The van der Waals surface area contributed by atoms with Crippen molar-refractivity contribution in [2.24, 2.45) is 0 Å². The number of rotatable bonds is 5. The first kappa shape index (κ1) is 16.2. The third kappa shape index (κ3) is 3.18. The summed E-state index contributed by atoms with van der Waals surface area (Å²) in [4.78, 5) is 24.6. The second-order valence-corrected chi connectivity index (χ2v) is 5.96. The van der Waals surface area contributed by atoms with Crippen LogP contribution < -0.4 is 15.6 Å². The van der Waals surface area contributed by atoms with Crippen LogP contribution in [0.1, 0.15) is 36.2 Å². The SMILES string of the molecule is COc1ccccc1CNC(=O)C(C)n1nc2c(cc1=O)CCC2. The molecule has 1 heterocycles. The number of para-hydroxylation sites is 1. The summed E-state index contributed by atoms with van der Waals surface area (Å²) in [5.74, 6) is 0.478. The minimum absolute atomic E-state index is 0.226. The van der Waals surface area contributed by atoms with Gasteiger partial charge >= 0.3 is 0 Å². The van der Waals surface area contributed by atoms with Crippen LogP contribution in [0.3, 0.4) is 0 Å². The van der Waals surface area contributed by atoms with Crippen molar-refractivity contribution in [3.8, 4) is 5.75 Å². The van der Waals surface area contributed by atoms with Gasteiger partial charge in [0.05, 0.1) is 12.8 Å². The van der Waals surface area contributed by atoms with Crippen LogP contribution >= 0.6 is 0 Å². The van der Waals surface area contributed by atoms with E-state index in [1.165, 1.54) is 4.68 Å². The van der Waals surface area contributed by atoms with E-state index in [1.807, 2.05) is 24.3 Å². The van der Waals surface area contributed by atoms with Crippen LogP contribution in [0, 0.1) is 0 Å². The number of carbonyl (C=O) groups excluding carboxylic acids is 1. The summed E-state index contributed by atoms with van der Waals surface area (Å²) >= 11 is 0. The molecule has 1 atom stereocenters. The number of nitrogens with zero attached hydrogens (tertiary/aromatic N) is 2. The maximum Gasteiger partial charge on any atom is 0.267 e. The molecule has 1 aliphatic carbocycles. The standard InChI is InChI=1S/C18H21N3O3/c1-12(21-17(22)10-13-7-5-8-15(13)20-21)18(23)19-11-14-6-3-4-9-16(14)24-2/h3-4,6,9-10,12H,5,7-8,11H2,1-2H3,(H,19,23). The zero-order chi connectivity index (χ0) is 17.1. The minimum Gasteiger partial charge on any atom is -0.496 e. The molecule has 1 aromatic heterocycles. The lowest BCUT2D eigenvalue weighted by Crippen LogP contribution is -2.37. The van der Waals surface area contributed by atoms with Crippen molar-refractivity contribution in [2.45, 2.75) is 38.8 Å². The van der Waals surface area contributed by atoms with Crippen molar-refractivity contribution in [1.82, 2.24) is 15.1 Å². The fourth-order valence-corrected chi connectivity index (χ4v) is 2.98. The van der Waals surface area contributed by atoms with Crippen molar-refractivity contribution in [3.05, 3.63) is 57.5 Å². The lowest BCUT2D eigenvalue weighted by molar-refractivity contribution is -0.124. The number of methoxy groups -OCH3 is 1. The third-order valence-corrected chi connectivity index (χ3v) is 4.37. The monoisotopic (exact) mass is 327 g/mol. The average molecular weight is 327 g/mol. The van der Waals surface area contributed by atoms with Crippen LogP contribution in [0.5, 0.6) is 5.75 Å². The van der Waals surface area contributed by atoms with Crippen molar-refractivity contribution in [3.63, 3.8) is 0 Å². The summed E-state index contributed by atoms with van der Waals surface area (Å²) in [7, 11) is 1.59. The van der Waals surface area contributed by atoms with Gasteiger partial charge in [0.25, 0.3) is 5.56 Å². The average Bonchev–Trinajstić information content (AvgIpc) is 3.05. The lowest BCUT2D eigenvalue weighted by atomic mass is 10.2. The molecule has 3 rings (SSSR count). The van der Waals surface area contributed by atoms with Gasteiger partial charge in [-0.3, -0.25) is 9.59 Å². The number of amides is 1. The molecule has 1 unspecified atom stereocenters. The number of hydrogen-bond acceptors (Lipinski definition) is 4. The van der Waals surface area contributed by atoms with Crippen LogP contribution in [-0.4, -0.2) is 22.8 Å². The smallest absolute Gasteiger partial charge is 0.267 e. The van der Waals surface area contributed by atoms with Gasteiger partial charge in [-0.1, -0.05) is 18.2 Å². The lowest BCUT2D eigenvalue weighted by Gasteiger charge is -2.16. The number of nitrogens with one attached hydrogen (secondary N) is 1. The number of aromatic nitrogens is 2. The van der Waals surface area contributed by atoms with Crippen LogP contribution in [0.2, 0.25) is 0 Å². The first-order valence-electron chi connectivity index (χ1n) is 8.11. The molecule has 0 saturated carbocycles. The molecule has 1 amide bonds. The minimum atomic E-state index is -0.655. The van der Waals surface area contributed by atoms with E-state index < -0.39 is 6.04 Å². The molecule has 0 radical (unpaired) electrons. The summed E-state index contributed by atoms with van der Waals surface area (Å²) in [6.45, 7) is 2.03. The van der Waals surface area contributed by atoms with Gasteiger partial charge in [-0.05, 0) is 37.8 Å². The molecule has 1 aliphatic rings. The Morgan fingerprint density at radius 1 is 1.38 bits per heavy atom. The second-order valence-electron chi connectivity index (χ2n) is 5.96. The van der Waals surface area contributed by atoms with E-state index in [0.717, 1.165) is 41.8 Å². The van der Waals surface area contributed by atoms with E-state index in [2.05, 4.69) is 10.4 Å². The molecular weight excluding hydrogens is 306 g/mol. The first-order valence-corrected chi connectivity index (χ1v) is 8.11. The molecule has 1 N–H and O–H groups in total. The van der Waals surface area contributed by atoms with Crippen LogP contribution in [0.15, 0.2) is 35.1 Å². The Hall–Kier alpha value is -2.63. The van der Waals surface area contributed by atoms with Crippen molar-refractivity contribution < 1.29 is 9.53 Å². The number of benzene rings is 1. The van der Waals surface area contributed by atoms with Crippen LogP contribution in [0.4, 0.5) is 0 Å². The van der Waals surface area contributed by atoms with Gasteiger partial charge < -0.3 is 10.1 Å². The molecule has 6 nitrogen and oxygen atoms in total. The largest absolute Gasteiger partial charge is 0.496 e. The maximum absolute atomic E-state index is 12.4. The van der Waals surface area contributed by atoms with Gasteiger partial charge in [0.15, 0.2) is 0 Å². The van der Waals surface area contributed by atoms with E-state index in [-0.39, 0.29) is 11.5 Å². The number of aryl methyl sites for hydroxylation is 2. The van der Waals surface area contributed by atoms with Gasteiger partial charge in [-0.15, -0.1) is 0 Å². The molecule has 0 fully saturated rings. The Kier molecular flexibility index (Phi) is 4.64. The highest BCUT2D eigenvalue weighted by atomic mass is 16.5. The topological polar surface area (TPSA) is 73.2 Å². The fourth-order valence-electron chi connectivity index (χ4n) is 2.98. The van der Waals surface area contributed by atoms with Gasteiger partial charge in [-0.25, -0.2) is 4.68 Å². The van der Waals surface area contributed by atoms with Crippen LogP contribution in [0.25, 0.3) is 0 Å². The zero-order valence-corrected chi connectivity index (χ0v) is 13.9. The molecule has 0 saturated heterocycles. The Labute approximate surface area is 140 Å². The van der Waals surface area contributed by atoms with E-state index in [4.69, 9.17) is 4.74 Å². The van der Waals surface area contributed by atoms with Crippen molar-refractivity contribution in [1.29, 1.82) is 0 Å².